The normalized spacial score (nSPS) is 11.8. The summed E-state index contributed by atoms with van der Waals surface area (Å²) in [5, 5.41) is 8.73. The van der Waals surface area contributed by atoms with Gasteiger partial charge in [0.05, 0.1) is 10.7 Å². The molecule has 0 fully saturated rings. The number of rotatable bonds is 10. The third kappa shape index (κ3) is 9.11. The summed E-state index contributed by atoms with van der Waals surface area (Å²) in [6.07, 6.45) is 1.61. The minimum atomic E-state index is -0.595. The molecule has 0 aliphatic carbocycles. The first-order valence-electron chi connectivity index (χ1n) is 14.0. The molecule has 230 valence electrons. The van der Waals surface area contributed by atoms with Crippen molar-refractivity contribution in [2.75, 3.05) is 10.6 Å². The fourth-order valence-corrected chi connectivity index (χ4v) is 6.05. The highest BCUT2D eigenvalue weighted by molar-refractivity contribution is 9.10. The molecule has 3 N–H and O–H groups in total. The van der Waals surface area contributed by atoms with E-state index in [-0.39, 0.29) is 11.6 Å². The topological polar surface area (TPSA) is 87.3 Å². The molecule has 5 rings (SSSR count). The van der Waals surface area contributed by atoms with Crippen molar-refractivity contribution < 1.29 is 14.4 Å². The van der Waals surface area contributed by atoms with E-state index in [2.05, 4.69) is 31.9 Å². The summed E-state index contributed by atoms with van der Waals surface area (Å²) in [5.74, 6) is -1.15. The second kappa shape index (κ2) is 15.8. The Hall–Kier alpha value is -4.34. The van der Waals surface area contributed by atoms with Gasteiger partial charge in [0.1, 0.15) is 10.9 Å². The molecule has 0 spiro atoms. The number of carbonyl (C=O) groups is 3. The molecule has 1 atom stereocenters. The number of carbonyl (C=O) groups excluding carboxylic acids is 3. The SMILES string of the molecule is O=C(Nc1ccc(SC(C(=O)Nc2ccc(Cl)cc2Cl)c2ccccc2)cc1)/C(=C/c1ccc(Br)cc1)NC(=O)c1ccccc1. The maximum Gasteiger partial charge on any atom is 0.272 e. The molecule has 0 aliphatic heterocycles. The van der Waals surface area contributed by atoms with Crippen molar-refractivity contribution in [3.8, 4) is 0 Å². The standard InChI is InChI=1S/C36H26BrCl2N3O3S/c37-26-13-11-23(12-14-26)21-32(42-34(43)25-9-5-2-6-10-25)35(44)40-28-16-18-29(19-17-28)46-33(24-7-3-1-4-8-24)36(45)41-31-20-15-27(38)22-30(31)39/h1-22,33H,(H,40,44)(H,41,45)(H,42,43)/b32-21-. The molecule has 0 bridgehead atoms. The second-order valence-electron chi connectivity index (χ2n) is 9.93. The molecular weight excluding hydrogens is 705 g/mol. The first-order chi connectivity index (χ1) is 22.2. The van der Waals surface area contributed by atoms with Gasteiger partial charge in [-0.3, -0.25) is 14.4 Å². The van der Waals surface area contributed by atoms with E-state index in [4.69, 9.17) is 23.2 Å². The number of halogens is 3. The summed E-state index contributed by atoms with van der Waals surface area (Å²) < 4.78 is 0.891. The molecule has 1 unspecified atom stereocenters. The lowest BCUT2D eigenvalue weighted by Gasteiger charge is -2.18. The van der Waals surface area contributed by atoms with Gasteiger partial charge in [-0.15, -0.1) is 11.8 Å². The highest BCUT2D eigenvalue weighted by atomic mass is 79.9. The summed E-state index contributed by atoms with van der Waals surface area (Å²) in [6, 6.07) is 37.5. The molecule has 0 radical (unpaired) electrons. The Morgan fingerprint density at radius 1 is 0.739 bits per heavy atom. The van der Waals surface area contributed by atoms with Gasteiger partial charge in [-0.25, -0.2) is 0 Å². The van der Waals surface area contributed by atoms with Crippen LogP contribution in [0.15, 0.2) is 142 Å². The Morgan fingerprint density at radius 2 is 1.39 bits per heavy atom. The van der Waals surface area contributed by atoms with Gasteiger partial charge in [-0.1, -0.05) is 99.8 Å². The van der Waals surface area contributed by atoms with Crippen LogP contribution in [0.4, 0.5) is 11.4 Å². The Labute approximate surface area is 289 Å². The van der Waals surface area contributed by atoms with E-state index in [9.17, 15) is 14.4 Å². The molecule has 3 amide bonds. The number of anilines is 2. The van der Waals surface area contributed by atoms with Crippen LogP contribution in [0.5, 0.6) is 0 Å². The number of nitrogens with one attached hydrogen (secondary N) is 3. The molecule has 6 nitrogen and oxygen atoms in total. The van der Waals surface area contributed by atoms with Gasteiger partial charge in [0.25, 0.3) is 11.8 Å². The number of hydrogen-bond acceptors (Lipinski definition) is 4. The fraction of sp³-hybridized carbons (Fsp3) is 0.0278. The van der Waals surface area contributed by atoms with E-state index < -0.39 is 17.1 Å². The van der Waals surface area contributed by atoms with Crippen molar-refractivity contribution >= 4 is 86.1 Å². The first-order valence-corrected chi connectivity index (χ1v) is 16.4. The van der Waals surface area contributed by atoms with Crippen molar-refractivity contribution in [1.29, 1.82) is 0 Å². The Kier molecular flexibility index (Phi) is 11.3. The Balaban J connectivity index is 1.33. The molecule has 5 aromatic carbocycles. The Morgan fingerprint density at radius 3 is 2.04 bits per heavy atom. The van der Waals surface area contributed by atoms with Crippen LogP contribution >= 0.6 is 50.9 Å². The monoisotopic (exact) mass is 729 g/mol. The lowest BCUT2D eigenvalue weighted by molar-refractivity contribution is -0.116. The molecule has 0 heterocycles. The summed E-state index contributed by atoms with van der Waals surface area (Å²) in [4.78, 5) is 40.6. The van der Waals surface area contributed by atoms with Gasteiger partial charge in [0, 0.05) is 25.6 Å². The van der Waals surface area contributed by atoms with Crippen LogP contribution in [0.1, 0.15) is 26.7 Å². The summed E-state index contributed by atoms with van der Waals surface area (Å²) in [7, 11) is 0. The van der Waals surface area contributed by atoms with Gasteiger partial charge in [-0.2, -0.15) is 0 Å². The van der Waals surface area contributed by atoms with E-state index >= 15 is 0 Å². The largest absolute Gasteiger partial charge is 0.323 e. The van der Waals surface area contributed by atoms with Crippen LogP contribution in [0.25, 0.3) is 6.08 Å². The van der Waals surface area contributed by atoms with Gasteiger partial charge in [0.2, 0.25) is 5.91 Å². The Bertz CT molecular complexity index is 1870. The highest BCUT2D eigenvalue weighted by Gasteiger charge is 2.23. The first kappa shape index (κ1) is 33.0. The van der Waals surface area contributed by atoms with Crippen molar-refractivity contribution in [3.63, 3.8) is 0 Å². The minimum Gasteiger partial charge on any atom is -0.323 e. The number of amides is 3. The smallest absolute Gasteiger partial charge is 0.272 e. The van der Waals surface area contributed by atoms with E-state index in [0.29, 0.717) is 27.0 Å². The molecule has 10 heteroatoms. The lowest BCUT2D eigenvalue weighted by Crippen LogP contribution is -2.30. The van der Waals surface area contributed by atoms with E-state index in [1.165, 1.54) is 11.8 Å². The molecule has 46 heavy (non-hydrogen) atoms. The predicted molar refractivity (Wildman–Crippen MR) is 191 cm³/mol. The zero-order chi connectivity index (χ0) is 32.5. The van der Waals surface area contributed by atoms with Gasteiger partial charge in [0.15, 0.2) is 0 Å². The molecule has 0 saturated carbocycles. The minimum absolute atomic E-state index is 0.0799. The second-order valence-corrected chi connectivity index (χ2v) is 12.9. The van der Waals surface area contributed by atoms with Gasteiger partial charge < -0.3 is 16.0 Å². The van der Waals surface area contributed by atoms with E-state index in [0.717, 1.165) is 20.5 Å². The third-order valence-electron chi connectivity index (χ3n) is 6.61. The van der Waals surface area contributed by atoms with Crippen LogP contribution < -0.4 is 16.0 Å². The molecule has 0 aromatic heterocycles. The van der Waals surface area contributed by atoms with Crippen molar-refractivity contribution in [3.05, 3.63) is 164 Å². The molecule has 0 saturated heterocycles. The zero-order valence-electron chi connectivity index (χ0n) is 24.0. The number of hydrogen-bond donors (Lipinski definition) is 3. The average molecular weight is 731 g/mol. The van der Waals surface area contributed by atoms with Crippen LogP contribution in [0.2, 0.25) is 10.0 Å². The van der Waals surface area contributed by atoms with E-state index in [1.807, 2.05) is 72.8 Å². The van der Waals surface area contributed by atoms with Crippen molar-refractivity contribution in [2.24, 2.45) is 0 Å². The number of benzene rings is 5. The van der Waals surface area contributed by atoms with Crippen LogP contribution in [0, 0.1) is 0 Å². The maximum atomic E-state index is 13.5. The summed E-state index contributed by atoms with van der Waals surface area (Å²) in [6.45, 7) is 0. The molecular formula is C36H26BrCl2N3O3S. The third-order valence-corrected chi connectivity index (χ3v) is 8.95. The van der Waals surface area contributed by atoms with Crippen LogP contribution in [0.3, 0.4) is 0 Å². The predicted octanol–water partition coefficient (Wildman–Crippen LogP) is 9.64. The highest BCUT2D eigenvalue weighted by Crippen LogP contribution is 2.37. The molecule has 0 aliphatic rings. The van der Waals surface area contributed by atoms with Crippen LogP contribution in [-0.4, -0.2) is 17.7 Å². The fourth-order valence-electron chi connectivity index (χ4n) is 4.31. The van der Waals surface area contributed by atoms with Gasteiger partial charge in [-0.05, 0) is 83.9 Å². The van der Waals surface area contributed by atoms with Crippen LogP contribution in [-0.2, 0) is 9.59 Å². The lowest BCUT2D eigenvalue weighted by atomic mass is 10.1. The quantitative estimate of drug-likeness (QED) is 0.0987. The summed E-state index contributed by atoms with van der Waals surface area (Å²) in [5.41, 5.74) is 3.02. The van der Waals surface area contributed by atoms with Gasteiger partial charge >= 0.3 is 0 Å². The zero-order valence-corrected chi connectivity index (χ0v) is 28.0. The van der Waals surface area contributed by atoms with Crippen molar-refractivity contribution in [2.45, 2.75) is 10.1 Å². The van der Waals surface area contributed by atoms with E-state index in [1.54, 1.807) is 60.7 Å². The summed E-state index contributed by atoms with van der Waals surface area (Å²) >= 11 is 17.1. The van der Waals surface area contributed by atoms with Crippen molar-refractivity contribution in [1.82, 2.24) is 5.32 Å². The average Bonchev–Trinajstić information content (AvgIpc) is 3.07. The number of thioether (sulfide) groups is 1. The maximum absolute atomic E-state index is 13.5. The molecule has 5 aromatic rings.